The molecule has 514 valence electrons. The Hall–Kier alpha value is -8.22. The van der Waals surface area contributed by atoms with Gasteiger partial charge in [0.2, 0.25) is 5.78 Å². The molecule has 0 aliphatic heterocycles. The number of oxazole rings is 2. The Morgan fingerprint density at radius 2 is 0.750 bits per heavy atom. The minimum absolute atomic E-state index is 0.746. The summed E-state index contributed by atoms with van der Waals surface area (Å²) in [5, 5.41) is 9.99. The Bertz CT molecular complexity index is 4630. The predicted octanol–water partition coefficient (Wildman–Crippen LogP) is 19.9. The maximum Gasteiger partial charge on any atom is 0.234 e. The van der Waals surface area contributed by atoms with Gasteiger partial charge in [-0.3, -0.25) is 4.40 Å². The van der Waals surface area contributed by atoms with Gasteiger partial charge in [-0.15, -0.1) is 32.9 Å². The molecule has 0 radical (unpaired) electrons. The molecule has 0 bridgehead atoms. The molecule has 0 atom stereocenters. The lowest BCUT2D eigenvalue weighted by Gasteiger charge is -2.12. The molecule has 0 saturated carbocycles. The number of imidazole rings is 3. The highest BCUT2D eigenvalue weighted by atomic mass is 32.1. The first-order valence-electron chi connectivity index (χ1n) is 33.0. The van der Waals surface area contributed by atoms with Crippen molar-refractivity contribution in [2.45, 2.75) is 235 Å². The van der Waals surface area contributed by atoms with Crippen LogP contribution in [0.5, 0.6) is 0 Å². The van der Waals surface area contributed by atoms with Gasteiger partial charge in [-0.05, 0) is 311 Å². The minimum atomic E-state index is 0.746. The Kier molecular flexibility index (Phi) is 24.7. The maximum absolute atomic E-state index is 5.60. The monoisotopic (exact) mass is 1340 g/mol. The van der Waals surface area contributed by atoms with Crippen molar-refractivity contribution >= 4 is 66.4 Å². The van der Waals surface area contributed by atoms with Crippen LogP contribution in [0.25, 0.3) is 43.8 Å². The van der Waals surface area contributed by atoms with Crippen molar-refractivity contribution in [3.05, 3.63) is 190 Å². The highest BCUT2D eigenvalue weighted by Crippen LogP contribution is 2.34. The van der Waals surface area contributed by atoms with Crippen LogP contribution in [0.4, 0.5) is 0 Å². The molecular weight excluding hydrogens is 1230 g/mol. The summed E-state index contributed by atoms with van der Waals surface area (Å²) in [6.07, 6.45) is 0. The van der Waals surface area contributed by atoms with Crippen molar-refractivity contribution in [3.63, 3.8) is 0 Å². The molecule has 0 fully saturated rings. The molecule has 16 nitrogen and oxygen atoms in total. The zero-order valence-corrected chi connectivity index (χ0v) is 66.5. The van der Waals surface area contributed by atoms with Crippen molar-refractivity contribution in [1.82, 2.24) is 68.0 Å². The van der Waals surface area contributed by atoms with Crippen molar-refractivity contribution in [2.75, 3.05) is 0 Å². The molecule has 10 aromatic heterocycles. The van der Waals surface area contributed by atoms with E-state index in [9.17, 15) is 0 Å². The van der Waals surface area contributed by atoms with E-state index in [2.05, 4.69) is 237 Å². The normalized spacial score (nSPS) is 10.9. The molecule has 13 rings (SSSR count). The Morgan fingerprint density at radius 3 is 1.23 bits per heavy atom. The van der Waals surface area contributed by atoms with E-state index in [0.717, 1.165) is 90.8 Å². The fourth-order valence-corrected chi connectivity index (χ4v) is 13.4. The number of fused-ring (bicyclic) bond motifs is 5. The molecule has 0 aliphatic carbocycles. The van der Waals surface area contributed by atoms with Crippen molar-refractivity contribution in [2.24, 2.45) is 14.1 Å². The van der Waals surface area contributed by atoms with Crippen molar-refractivity contribution < 1.29 is 8.83 Å². The number of pyridine rings is 1. The van der Waals surface area contributed by atoms with Gasteiger partial charge in [-0.25, -0.2) is 39.9 Å². The summed E-state index contributed by atoms with van der Waals surface area (Å²) in [6.45, 7) is 71.0. The maximum atomic E-state index is 5.60. The second kappa shape index (κ2) is 30.9. The van der Waals surface area contributed by atoms with E-state index in [1.165, 1.54) is 143 Å². The number of aromatic nitrogens is 14. The van der Waals surface area contributed by atoms with Crippen LogP contribution in [-0.4, -0.2) is 68.0 Å². The third-order valence-electron chi connectivity index (χ3n) is 20.2. The molecule has 18 heteroatoms. The van der Waals surface area contributed by atoms with E-state index >= 15 is 0 Å². The molecule has 0 aliphatic rings. The first kappa shape index (κ1) is 76.8. The van der Waals surface area contributed by atoms with Crippen LogP contribution < -0.4 is 0 Å². The third kappa shape index (κ3) is 15.9. The molecular formula is C78H108N14O2S2. The molecule has 0 N–H and O–H groups in total. The molecule has 0 spiro atoms. The van der Waals surface area contributed by atoms with Gasteiger partial charge in [0.15, 0.2) is 17.4 Å². The SMILES string of the molecule is Cc1c(C)c(C)c2c(nc(C)n2C)c1C.Cc1nc(C)c(C)o1.Cc1nc(C)c(C)s1.Cc1nc2c(C)c(C)c(C)c(C)c2o1.Cc1nc2c(C)c(C)c(C)c(C)c2s1.Cc1nc2c(C)c(C)c(C)c(C)n2c1C.Cc1nc2nc(C)c(C)n2c(C)c1C.Cc1nnc(C)n1C. The van der Waals surface area contributed by atoms with Gasteiger partial charge in [0, 0.05) is 61.3 Å². The smallest absolute Gasteiger partial charge is 0.234 e. The van der Waals surface area contributed by atoms with Crippen LogP contribution in [0, 0.1) is 235 Å². The number of nitrogens with zero attached hydrogens (tertiary/aromatic N) is 14. The number of benzene rings is 3. The molecule has 0 amide bonds. The highest BCUT2D eigenvalue weighted by Gasteiger charge is 2.18. The van der Waals surface area contributed by atoms with E-state index in [0.29, 0.717) is 0 Å². The largest absolute Gasteiger partial charge is 0.446 e. The number of aryl methyl sites for hydroxylation is 26. The second-order valence-electron chi connectivity index (χ2n) is 26.1. The van der Waals surface area contributed by atoms with Crippen LogP contribution in [0.15, 0.2) is 8.83 Å². The quantitative estimate of drug-likeness (QED) is 0.141. The average molecular weight is 1340 g/mol. The lowest BCUT2D eigenvalue weighted by atomic mass is 9.97. The molecule has 0 unspecified atom stereocenters. The first-order chi connectivity index (χ1) is 44.6. The fourth-order valence-electron chi connectivity index (χ4n) is 11.6. The molecule has 13 aromatic rings. The van der Waals surface area contributed by atoms with Crippen molar-refractivity contribution in [3.8, 4) is 0 Å². The van der Waals surface area contributed by atoms with Gasteiger partial charge in [0.1, 0.15) is 34.4 Å². The third-order valence-corrected chi connectivity index (χ3v) is 22.3. The lowest BCUT2D eigenvalue weighted by molar-refractivity contribution is 0.493. The number of hydrogen-bond donors (Lipinski definition) is 0. The highest BCUT2D eigenvalue weighted by molar-refractivity contribution is 7.18. The van der Waals surface area contributed by atoms with Gasteiger partial charge in [0.05, 0.1) is 54.0 Å². The minimum Gasteiger partial charge on any atom is -0.446 e. The lowest BCUT2D eigenvalue weighted by Crippen LogP contribution is -2.02. The summed E-state index contributed by atoms with van der Waals surface area (Å²) < 4.78 is 20.6. The van der Waals surface area contributed by atoms with E-state index in [4.69, 9.17) is 8.83 Å². The summed E-state index contributed by atoms with van der Waals surface area (Å²) in [7, 11) is 4.04. The van der Waals surface area contributed by atoms with Crippen LogP contribution in [0.1, 0.15) is 190 Å². The van der Waals surface area contributed by atoms with Gasteiger partial charge >= 0.3 is 0 Å². The summed E-state index contributed by atoms with van der Waals surface area (Å²) in [4.78, 5) is 36.8. The average Bonchev–Trinajstić information content (AvgIpc) is 1.38. The van der Waals surface area contributed by atoms with E-state index in [1.807, 2.05) is 80.9 Å². The zero-order valence-electron chi connectivity index (χ0n) is 64.9. The summed E-state index contributed by atoms with van der Waals surface area (Å²) >= 11 is 3.56. The molecule has 10 heterocycles. The van der Waals surface area contributed by atoms with Crippen molar-refractivity contribution in [1.29, 1.82) is 0 Å². The Morgan fingerprint density at radius 1 is 0.292 bits per heavy atom. The van der Waals surface area contributed by atoms with Crippen LogP contribution >= 0.6 is 22.7 Å². The van der Waals surface area contributed by atoms with Crippen LogP contribution in [0.2, 0.25) is 0 Å². The van der Waals surface area contributed by atoms with Crippen LogP contribution in [-0.2, 0) is 14.1 Å². The van der Waals surface area contributed by atoms with E-state index in [-0.39, 0.29) is 0 Å². The Balaban J connectivity index is 0.000000176. The van der Waals surface area contributed by atoms with Gasteiger partial charge < -0.3 is 22.4 Å². The van der Waals surface area contributed by atoms with Gasteiger partial charge in [-0.1, -0.05) is 0 Å². The summed E-state index contributed by atoms with van der Waals surface area (Å²) in [6, 6.07) is 0. The summed E-state index contributed by atoms with van der Waals surface area (Å²) in [5.41, 5.74) is 38.5. The van der Waals surface area contributed by atoms with E-state index < -0.39 is 0 Å². The second-order valence-corrected chi connectivity index (χ2v) is 28.7. The summed E-state index contributed by atoms with van der Waals surface area (Å²) in [5.74, 6) is 6.24. The first-order valence-corrected chi connectivity index (χ1v) is 34.6. The Labute approximate surface area is 579 Å². The molecule has 96 heavy (non-hydrogen) atoms. The zero-order chi connectivity index (χ0) is 72.5. The molecule has 0 saturated heterocycles. The topological polar surface area (TPSA) is 174 Å². The van der Waals surface area contributed by atoms with Crippen LogP contribution in [0.3, 0.4) is 0 Å². The number of hydrogen-bond acceptors (Lipinski definition) is 14. The van der Waals surface area contributed by atoms with Gasteiger partial charge in [-0.2, -0.15) is 0 Å². The predicted molar refractivity (Wildman–Crippen MR) is 403 cm³/mol. The van der Waals surface area contributed by atoms with Gasteiger partial charge in [0.25, 0.3) is 0 Å². The van der Waals surface area contributed by atoms with E-state index in [1.54, 1.807) is 22.7 Å². The molecule has 3 aromatic carbocycles. The standard InChI is InChI=1S/2C13H18N2.C12H15NO.C12H15NS.C11H15N3.C6H9NO.C6H9NS.C5H9N3/c1-7-8(2)11(5)15-12(6)10(4)14-13(15)9(7)3;1-7-8(2)10(4)13-12(9(7)3)14-11(5)15(13)6;2*1-6-7(2)9(4)12-11(8(6)3)13-10(5)14-12;1-6-7(2)12-11-13-8(3)10(5)14(11)9(6)4;2*1-4-5(2)8-6(3)7-4;1-4-6-7-5(2)8(4)3/h2*1-6H3;3*1-5H3;3*1-3H3. The fraction of sp³-hybridized carbons (Fsp3) is 0.462. The number of thiazole rings is 2. The number of rotatable bonds is 0.